The van der Waals surface area contributed by atoms with Gasteiger partial charge in [-0.25, -0.2) is 15.0 Å². The minimum absolute atomic E-state index is 0.129. The van der Waals surface area contributed by atoms with Gasteiger partial charge in [-0.2, -0.15) is 4.98 Å². The number of hydrogen-bond donors (Lipinski definition) is 1. The molecule has 38 heavy (non-hydrogen) atoms. The second-order valence-electron chi connectivity index (χ2n) is 9.87. The number of nitrogens with zero attached hydrogens (tertiary/aromatic N) is 6. The number of anilines is 2. The monoisotopic (exact) mass is 503 g/mol. The smallest absolute Gasteiger partial charge is 0.259 e. The number of fused-ring (bicyclic) bond motifs is 1. The van der Waals surface area contributed by atoms with Crippen molar-refractivity contribution in [1.82, 2.24) is 29.4 Å². The summed E-state index contributed by atoms with van der Waals surface area (Å²) in [7, 11) is 3.92. The highest BCUT2D eigenvalue weighted by atomic mass is 16.1. The Morgan fingerprint density at radius 2 is 1.61 bits per heavy atom. The van der Waals surface area contributed by atoms with Gasteiger partial charge in [-0.3, -0.25) is 9.36 Å². The Morgan fingerprint density at radius 3 is 2.37 bits per heavy atom. The van der Waals surface area contributed by atoms with Crippen LogP contribution in [0.2, 0.25) is 0 Å². The SMILES string of the molecule is CN1CCC(c2ccc(Nc3ncc4cc(-c5cccc(-c6ncccn6)c5)c(=O)n(C)c4n3)cc2)CC1. The lowest BCUT2D eigenvalue weighted by molar-refractivity contribution is 0.255. The zero-order valence-corrected chi connectivity index (χ0v) is 21.5. The second-order valence-corrected chi connectivity index (χ2v) is 9.87. The highest BCUT2D eigenvalue weighted by Gasteiger charge is 2.18. The van der Waals surface area contributed by atoms with Crippen LogP contribution in [-0.4, -0.2) is 49.5 Å². The summed E-state index contributed by atoms with van der Waals surface area (Å²) in [4.78, 5) is 33.6. The molecule has 0 spiro atoms. The summed E-state index contributed by atoms with van der Waals surface area (Å²) in [6, 6.07) is 19.9. The van der Waals surface area contributed by atoms with Crippen LogP contribution >= 0.6 is 0 Å². The number of nitrogens with one attached hydrogen (secondary N) is 1. The van der Waals surface area contributed by atoms with E-state index in [4.69, 9.17) is 0 Å². The minimum Gasteiger partial charge on any atom is -0.324 e. The molecule has 2 aromatic carbocycles. The van der Waals surface area contributed by atoms with Gasteiger partial charge < -0.3 is 10.2 Å². The highest BCUT2D eigenvalue weighted by molar-refractivity contribution is 5.82. The molecule has 4 heterocycles. The molecular formula is C30H29N7O. The molecule has 5 aromatic rings. The molecule has 0 atom stereocenters. The van der Waals surface area contributed by atoms with Crippen molar-refractivity contribution in [3.05, 3.63) is 95.2 Å². The maximum absolute atomic E-state index is 13.4. The molecule has 0 unspecified atom stereocenters. The lowest BCUT2D eigenvalue weighted by atomic mass is 9.89. The molecule has 1 aliphatic rings. The number of rotatable bonds is 5. The average Bonchev–Trinajstić information content (AvgIpc) is 2.96. The van der Waals surface area contributed by atoms with Crippen LogP contribution in [0, 0.1) is 0 Å². The molecule has 6 rings (SSSR count). The normalized spacial score (nSPS) is 14.6. The van der Waals surface area contributed by atoms with Crippen molar-refractivity contribution in [3.63, 3.8) is 0 Å². The number of likely N-dealkylation sites (tertiary alicyclic amines) is 1. The summed E-state index contributed by atoms with van der Waals surface area (Å²) in [5.74, 6) is 1.68. The Morgan fingerprint density at radius 1 is 0.868 bits per heavy atom. The van der Waals surface area contributed by atoms with Crippen LogP contribution in [0.3, 0.4) is 0 Å². The quantitative estimate of drug-likeness (QED) is 0.361. The fourth-order valence-corrected chi connectivity index (χ4v) is 5.10. The Bertz CT molecular complexity index is 1640. The van der Waals surface area contributed by atoms with Gasteiger partial charge in [0, 0.05) is 47.8 Å². The van der Waals surface area contributed by atoms with E-state index in [-0.39, 0.29) is 5.56 Å². The van der Waals surface area contributed by atoms with Gasteiger partial charge in [0.15, 0.2) is 5.82 Å². The van der Waals surface area contributed by atoms with Crippen molar-refractivity contribution in [2.75, 3.05) is 25.5 Å². The fourth-order valence-electron chi connectivity index (χ4n) is 5.10. The summed E-state index contributed by atoms with van der Waals surface area (Å²) < 4.78 is 1.58. The van der Waals surface area contributed by atoms with Crippen molar-refractivity contribution in [2.24, 2.45) is 7.05 Å². The van der Waals surface area contributed by atoms with Crippen LogP contribution < -0.4 is 10.9 Å². The molecule has 3 aromatic heterocycles. The van der Waals surface area contributed by atoms with Crippen molar-refractivity contribution in [1.29, 1.82) is 0 Å². The largest absolute Gasteiger partial charge is 0.324 e. The minimum atomic E-state index is -0.129. The number of benzene rings is 2. The van der Waals surface area contributed by atoms with E-state index in [0.29, 0.717) is 28.9 Å². The van der Waals surface area contributed by atoms with E-state index in [1.54, 1.807) is 36.3 Å². The summed E-state index contributed by atoms with van der Waals surface area (Å²) in [6.45, 7) is 2.28. The van der Waals surface area contributed by atoms with Gasteiger partial charge in [0.1, 0.15) is 5.65 Å². The zero-order chi connectivity index (χ0) is 26.1. The Labute approximate surface area is 221 Å². The molecule has 0 amide bonds. The highest BCUT2D eigenvalue weighted by Crippen LogP contribution is 2.29. The van der Waals surface area contributed by atoms with Gasteiger partial charge in [-0.1, -0.05) is 30.3 Å². The van der Waals surface area contributed by atoms with Gasteiger partial charge in [-0.05, 0) is 80.4 Å². The van der Waals surface area contributed by atoms with Crippen molar-refractivity contribution in [3.8, 4) is 22.5 Å². The third-order valence-electron chi connectivity index (χ3n) is 7.30. The molecule has 0 aliphatic carbocycles. The molecule has 1 fully saturated rings. The first kappa shape index (κ1) is 23.9. The molecule has 0 bridgehead atoms. The van der Waals surface area contributed by atoms with Gasteiger partial charge in [0.05, 0.1) is 0 Å². The number of aromatic nitrogens is 5. The third-order valence-corrected chi connectivity index (χ3v) is 7.30. The van der Waals surface area contributed by atoms with E-state index in [1.807, 2.05) is 30.3 Å². The van der Waals surface area contributed by atoms with Gasteiger partial charge >= 0.3 is 0 Å². The Balaban J connectivity index is 1.26. The first-order chi connectivity index (χ1) is 18.5. The lowest BCUT2D eigenvalue weighted by Gasteiger charge is -2.29. The van der Waals surface area contributed by atoms with E-state index < -0.39 is 0 Å². The number of piperidine rings is 1. The van der Waals surface area contributed by atoms with E-state index in [9.17, 15) is 4.79 Å². The molecule has 1 saturated heterocycles. The molecule has 190 valence electrons. The van der Waals surface area contributed by atoms with Crippen molar-refractivity contribution >= 4 is 22.7 Å². The summed E-state index contributed by atoms with van der Waals surface area (Å²) in [5.41, 5.74) is 4.96. The molecule has 0 radical (unpaired) electrons. The van der Waals surface area contributed by atoms with Gasteiger partial charge in [0.2, 0.25) is 5.95 Å². The standard InChI is InChI=1S/C30H29N7O/c1-36-15-11-21(12-16-36)20-7-9-25(10-8-20)34-30-33-19-24-18-26(29(38)37(2)28(24)35-30)22-5-3-6-23(17-22)27-31-13-4-14-32-27/h3-10,13-14,17-19,21H,11-12,15-16H2,1-2H3,(H,33,34,35). The van der Waals surface area contributed by atoms with Crippen LogP contribution in [0.4, 0.5) is 11.6 Å². The number of pyridine rings is 1. The van der Waals surface area contributed by atoms with E-state index in [2.05, 4.69) is 61.5 Å². The van der Waals surface area contributed by atoms with Crippen LogP contribution in [0.25, 0.3) is 33.5 Å². The number of hydrogen-bond acceptors (Lipinski definition) is 7. The van der Waals surface area contributed by atoms with Gasteiger partial charge in [-0.15, -0.1) is 0 Å². The maximum Gasteiger partial charge on any atom is 0.259 e. The first-order valence-electron chi connectivity index (χ1n) is 12.9. The van der Waals surface area contributed by atoms with Crippen LogP contribution in [0.5, 0.6) is 0 Å². The Hall–Kier alpha value is -4.43. The maximum atomic E-state index is 13.4. The van der Waals surface area contributed by atoms with Crippen LogP contribution in [0.1, 0.15) is 24.3 Å². The van der Waals surface area contributed by atoms with E-state index in [0.717, 1.165) is 35.3 Å². The van der Waals surface area contributed by atoms with E-state index in [1.165, 1.54) is 18.4 Å². The predicted molar refractivity (Wildman–Crippen MR) is 150 cm³/mol. The molecule has 8 nitrogen and oxygen atoms in total. The van der Waals surface area contributed by atoms with Crippen LogP contribution in [-0.2, 0) is 7.05 Å². The molecular weight excluding hydrogens is 474 g/mol. The fraction of sp³-hybridized carbons (Fsp3) is 0.233. The molecule has 1 aliphatic heterocycles. The Kier molecular flexibility index (Phi) is 6.39. The summed E-state index contributed by atoms with van der Waals surface area (Å²) in [6.07, 6.45) is 7.55. The topological polar surface area (TPSA) is 88.8 Å². The zero-order valence-electron chi connectivity index (χ0n) is 21.5. The van der Waals surface area contributed by atoms with Crippen molar-refractivity contribution < 1.29 is 0 Å². The molecule has 1 N–H and O–H groups in total. The third kappa shape index (κ3) is 4.78. The summed E-state index contributed by atoms with van der Waals surface area (Å²) >= 11 is 0. The van der Waals surface area contributed by atoms with E-state index >= 15 is 0 Å². The first-order valence-corrected chi connectivity index (χ1v) is 12.9. The average molecular weight is 504 g/mol. The number of aryl methyl sites for hydroxylation is 1. The summed E-state index contributed by atoms with van der Waals surface area (Å²) in [5, 5.41) is 4.08. The predicted octanol–water partition coefficient (Wildman–Crippen LogP) is 5.01. The van der Waals surface area contributed by atoms with Crippen LogP contribution in [0.15, 0.2) is 84.0 Å². The van der Waals surface area contributed by atoms with Gasteiger partial charge in [0.25, 0.3) is 5.56 Å². The molecule has 0 saturated carbocycles. The molecule has 8 heteroatoms. The lowest BCUT2D eigenvalue weighted by Crippen LogP contribution is -2.29. The van der Waals surface area contributed by atoms with Crippen molar-refractivity contribution in [2.45, 2.75) is 18.8 Å². The second kappa shape index (κ2) is 10.1.